The lowest BCUT2D eigenvalue weighted by atomic mass is 9.81. The molecule has 1 rings (SSSR count). The van der Waals surface area contributed by atoms with Gasteiger partial charge < -0.3 is 14.8 Å². The van der Waals surface area contributed by atoms with Crippen LogP contribution in [0, 0.1) is 11.8 Å². The number of hydrogen-bond donors (Lipinski definition) is 1. The third-order valence-electron chi connectivity index (χ3n) is 3.42. The zero-order valence-electron chi connectivity index (χ0n) is 11.6. The summed E-state index contributed by atoms with van der Waals surface area (Å²) in [6.07, 6.45) is 0.493. The molecule has 0 aromatic carbocycles. The summed E-state index contributed by atoms with van der Waals surface area (Å²) in [4.78, 5) is 23.7. The van der Waals surface area contributed by atoms with Crippen molar-refractivity contribution in [3.05, 3.63) is 0 Å². The zero-order valence-corrected chi connectivity index (χ0v) is 11.6. The molecule has 18 heavy (non-hydrogen) atoms. The summed E-state index contributed by atoms with van der Waals surface area (Å²) in [5.41, 5.74) is 0. The van der Waals surface area contributed by atoms with Crippen LogP contribution in [0.25, 0.3) is 0 Å². The monoisotopic (exact) mass is 257 g/mol. The van der Waals surface area contributed by atoms with E-state index in [1.165, 1.54) is 0 Å². The molecule has 0 spiro atoms. The minimum absolute atomic E-state index is 0.0183. The molecule has 5 heteroatoms. The van der Waals surface area contributed by atoms with Gasteiger partial charge in [0.2, 0.25) is 0 Å². The highest BCUT2D eigenvalue weighted by molar-refractivity contribution is 5.77. The molecule has 104 valence electrons. The first-order chi connectivity index (χ1) is 8.51. The van der Waals surface area contributed by atoms with Gasteiger partial charge in [0, 0.05) is 12.1 Å². The Morgan fingerprint density at radius 1 is 1.00 bits per heavy atom. The van der Waals surface area contributed by atoms with E-state index in [0.717, 1.165) is 0 Å². The molecule has 0 unspecified atom stereocenters. The largest absolute Gasteiger partial charge is 0.466 e. The zero-order chi connectivity index (χ0) is 13.7. The van der Waals surface area contributed by atoms with Crippen molar-refractivity contribution in [3.8, 4) is 0 Å². The van der Waals surface area contributed by atoms with Gasteiger partial charge in [0.05, 0.1) is 25.0 Å². The number of nitrogens with one attached hydrogen (secondary N) is 1. The molecule has 0 aromatic rings. The van der Waals surface area contributed by atoms with Gasteiger partial charge >= 0.3 is 11.9 Å². The van der Waals surface area contributed by atoms with E-state index >= 15 is 0 Å². The van der Waals surface area contributed by atoms with Crippen molar-refractivity contribution in [2.45, 2.75) is 46.2 Å². The van der Waals surface area contributed by atoms with Crippen molar-refractivity contribution in [3.63, 3.8) is 0 Å². The maximum atomic E-state index is 11.8. The summed E-state index contributed by atoms with van der Waals surface area (Å²) in [6, 6.07) is 0.0365. The first kappa shape index (κ1) is 15.0. The maximum Gasteiger partial charge on any atom is 0.310 e. The van der Waals surface area contributed by atoms with Gasteiger partial charge in [-0.25, -0.2) is 0 Å². The molecule has 1 N–H and O–H groups in total. The molecule has 5 nitrogen and oxygen atoms in total. The van der Waals surface area contributed by atoms with Gasteiger partial charge in [0.15, 0.2) is 0 Å². The molecule has 0 aliphatic carbocycles. The highest BCUT2D eigenvalue weighted by Crippen LogP contribution is 2.27. The SMILES string of the molecule is CCOC(=O)[C@@H]1C[C@@H](C(=O)OCC)[C@@H](C)N[C@H]1C. The van der Waals surface area contributed by atoms with Crippen molar-refractivity contribution >= 4 is 11.9 Å². The van der Waals surface area contributed by atoms with Crippen LogP contribution in [0.5, 0.6) is 0 Å². The summed E-state index contributed by atoms with van der Waals surface area (Å²) in [5, 5.41) is 3.26. The number of esters is 2. The highest BCUT2D eigenvalue weighted by atomic mass is 16.5. The van der Waals surface area contributed by atoms with E-state index in [2.05, 4.69) is 5.32 Å². The molecule has 0 radical (unpaired) electrons. The van der Waals surface area contributed by atoms with Gasteiger partial charge in [-0.15, -0.1) is 0 Å². The van der Waals surface area contributed by atoms with Crippen molar-refractivity contribution < 1.29 is 19.1 Å². The van der Waals surface area contributed by atoms with Crippen LogP contribution >= 0.6 is 0 Å². The lowest BCUT2D eigenvalue weighted by Crippen LogP contribution is -2.54. The Morgan fingerprint density at radius 2 is 1.39 bits per heavy atom. The molecule has 0 bridgehead atoms. The Labute approximate surface area is 108 Å². The van der Waals surface area contributed by atoms with E-state index in [1.54, 1.807) is 13.8 Å². The molecule has 0 amide bonds. The minimum atomic E-state index is -0.282. The molecule has 0 aromatic heterocycles. The Kier molecular flexibility index (Phi) is 5.59. The highest BCUT2D eigenvalue weighted by Gasteiger charge is 2.40. The number of piperidine rings is 1. The summed E-state index contributed by atoms with van der Waals surface area (Å²) in [6.45, 7) is 8.18. The second kappa shape index (κ2) is 6.73. The van der Waals surface area contributed by atoms with Crippen LogP contribution in [0.2, 0.25) is 0 Å². The van der Waals surface area contributed by atoms with Gasteiger partial charge in [0.25, 0.3) is 0 Å². The van der Waals surface area contributed by atoms with E-state index in [9.17, 15) is 9.59 Å². The van der Waals surface area contributed by atoms with Gasteiger partial charge in [-0.1, -0.05) is 0 Å². The fourth-order valence-corrected chi connectivity index (χ4v) is 2.43. The molecule has 4 atom stereocenters. The summed E-state index contributed by atoms with van der Waals surface area (Å²) in [7, 11) is 0. The Hall–Kier alpha value is -1.10. The fourth-order valence-electron chi connectivity index (χ4n) is 2.43. The molecule has 1 aliphatic rings. The first-order valence-corrected chi connectivity index (χ1v) is 6.60. The van der Waals surface area contributed by atoms with Crippen LogP contribution in [-0.2, 0) is 19.1 Å². The average Bonchev–Trinajstić information content (AvgIpc) is 2.29. The lowest BCUT2D eigenvalue weighted by molar-refractivity contribution is -0.156. The standard InChI is InChI=1S/C13H23NO4/c1-5-17-12(15)10-7-11(13(16)18-6-2)9(4)14-8(10)3/h8-11,14H,5-7H2,1-4H3/t8-,9+,10-,11-/m1/s1. The summed E-state index contributed by atoms with van der Waals surface area (Å²) >= 11 is 0. The Bertz CT molecular complexity index is 277. The number of carbonyl (C=O) groups excluding carboxylic acids is 2. The molecule has 1 aliphatic heterocycles. The molecule has 1 fully saturated rings. The predicted octanol–water partition coefficient (Wildman–Crippen LogP) is 1.12. The van der Waals surface area contributed by atoms with Crippen LogP contribution in [0.15, 0.2) is 0 Å². The maximum absolute atomic E-state index is 11.8. The third kappa shape index (κ3) is 3.45. The smallest absolute Gasteiger partial charge is 0.310 e. The Morgan fingerprint density at radius 3 is 1.72 bits per heavy atom. The average molecular weight is 257 g/mol. The van der Waals surface area contributed by atoms with E-state index < -0.39 is 0 Å². The van der Waals surface area contributed by atoms with Crippen molar-refractivity contribution in [2.24, 2.45) is 11.8 Å². The van der Waals surface area contributed by atoms with Gasteiger partial charge in [-0.2, -0.15) is 0 Å². The van der Waals surface area contributed by atoms with Crippen molar-refractivity contribution in [1.29, 1.82) is 0 Å². The van der Waals surface area contributed by atoms with Crippen molar-refractivity contribution in [2.75, 3.05) is 13.2 Å². The number of rotatable bonds is 4. The predicted molar refractivity (Wildman–Crippen MR) is 66.9 cm³/mol. The second-order valence-corrected chi connectivity index (χ2v) is 4.70. The number of hydrogen-bond acceptors (Lipinski definition) is 5. The van der Waals surface area contributed by atoms with E-state index in [1.807, 2.05) is 13.8 Å². The van der Waals surface area contributed by atoms with Gasteiger partial charge in [0.1, 0.15) is 0 Å². The third-order valence-corrected chi connectivity index (χ3v) is 3.42. The van der Waals surface area contributed by atoms with E-state index in [0.29, 0.717) is 19.6 Å². The van der Waals surface area contributed by atoms with Crippen LogP contribution in [0.3, 0.4) is 0 Å². The molecular formula is C13H23NO4. The van der Waals surface area contributed by atoms with Crippen LogP contribution in [-0.4, -0.2) is 37.2 Å². The quantitative estimate of drug-likeness (QED) is 0.764. The van der Waals surface area contributed by atoms with Gasteiger partial charge in [-0.3, -0.25) is 9.59 Å². The molecule has 1 heterocycles. The normalized spacial score (nSPS) is 31.8. The Balaban J connectivity index is 2.71. The van der Waals surface area contributed by atoms with Crippen LogP contribution < -0.4 is 5.32 Å². The van der Waals surface area contributed by atoms with Crippen LogP contribution in [0.1, 0.15) is 34.1 Å². The summed E-state index contributed by atoms with van der Waals surface area (Å²) in [5.74, 6) is -1.04. The molecule has 0 saturated carbocycles. The lowest BCUT2D eigenvalue weighted by Gasteiger charge is -2.37. The molecular weight excluding hydrogens is 234 g/mol. The minimum Gasteiger partial charge on any atom is -0.466 e. The van der Waals surface area contributed by atoms with E-state index in [-0.39, 0.29) is 35.9 Å². The number of ether oxygens (including phenoxy) is 2. The molecule has 1 saturated heterocycles. The van der Waals surface area contributed by atoms with E-state index in [4.69, 9.17) is 9.47 Å². The van der Waals surface area contributed by atoms with Crippen LogP contribution in [0.4, 0.5) is 0 Å². The fraction of sp³-hybridized carbons (Fsp3) is 0.846. The van der Waals surface area contributed by atoms with Gasteiger partial charge in [-0.05, 0) is 34.1 Å². The topological polar surface area (TPSA) is 64.6 Å². The second-order valence-electron chi connectivity index (χ2n) is 4.70. The van der Waals surface area contributed by atoms with Crippen molar-refractivity contribution in [1.82, 2.24) is 5.32 Å². The summed E-state index contributed by atoms with van der Waals surface area (Å²) < 4.78 is 10.1. The number of carbonyl (C=O) groups is 2. The first-order valence-electron chi connectivity index (χ1n) is 6.60.